The number of carbonyl (C=O) groups is 2. The fraction of sp³-hybridized carbons (Fsp3) is 0.261. The van der Waals surface area contributed by atoms with Crippen molar-refractivity contribution in [2.75, 3.05) is 19.7 Å². The van der Waals surface area contributed by atoms with Crippen molar-refractivity contribution in [3.05, 3.63) is 75.7 Å². The van der Waals surface area contributed by atoms with Crippen LogP contribution in [-0.2, 0) is 17.8 Å². The highest BCUT2D eigenvalue weighted by molar-refractivity contribution is 7.14. The Bertz CT molecular complexity index is 1060. The summed E-state index contributed by atoms with van der Waals surface area (Å²) in [6.07, 6.45) is 3.66. The average molecular weight is 454 g/mol. The van der Waals surface area contributed by atoms with E-state index in [1.54, 1.807) is 42.7 Å². The van der Waals surface area contributed by atoms with Gasteiger partial charge in [-0.3, -0.25) is 9.78 Å². The van der Waals surface area contributed by atoms with Gasteiger partial charge in [-0.1, -0.05) is 12.1 Å². The Morgan fingerprint density at radius 1 is 1.22 bits per heavy atom. The number of fused-ring (bicyclic) bond motifs is 1. The zero-order chi connectivity index (χ0) is 22.3. The first kappa shape index (κ1) is 21.8. The maximum atomic E-state index is 12.8. The number of carboxylic acid groups (broad SMARTS) is 1. The number of aliphatic carboxylic acids is 1. The van der Waals surface area contributed by atoms with Gasteiger partial charge >= 0.3 is 5.97 Å². The van der Waals surface area contributed by atoms with Gasteiger partial charge in [0.05, 0.1) is 17.6 Å². The fourth-order valence-corrected chi connectivity index (χ4v) is 4.49. The van der Waals surface area contributed by atoms with Crippen molar-refractivity contribution < 1.29 is 24.2 Å². The summed E-state index contributed by atoms with van der Waals surface area (Å²) >= 11 is 1.53. The number of aromatic nitrogens is 1. The molecular weight excluding hydrogens is 430 g/mol. The standard InChI is InChI=1S/C23H23N3O5S/c27-22(28)14-30-17-4-1-3-15(9-17)19(31-18-5-2-7-24-12-18)13-26-23(29)21-10-16-11-25-8-6-20(16)32-21/h1-5,7,9-10,12,19,25H,6,8,11,13-14H2,(H,26,29)(H,27,28). The Hall–Kier alpha value is -3.43. The van der Waals surface area contributed by atoms with E-state index < -0.39 is 18.7 Å². The molecule has 0 aliphatic carbocycles. The lowest BCUT2D eigenvalue weighted by atomic mass is 10.1. The number of amides is 1. The van der Waals surface area contributed by atoms with E-state index in [0.717, 1.165) is 25.1 Å². The van der Waals surface area contributed by atoms with Crippen molar-refractivity contribution in [1.82, 2.24) is 15.6 Å². The Morgan fingerprint density at radius 2 is 2.09 bits per heavy atom. The smallest absolute Gasteiger partial charge is 0.341 e. The average Bonchev–Trinajstić information content (AvgIpc) is 3.25. The van der Waals surface area contributed by atoms with Crippen LogP contribution >= 0.6 is 11.3 Å². The molecule has 1 aromatic carbocycles. The molecule has 0 spiro atoms. The summed E-state index contributed by atoms with van der Waals surface area (Å²) in [6.45, 7) is 1.49. The molecule has 1 aliphatic rings. The maximum Gasteiger partial charge on any atom is 0.341 e. The van der Waals surface area contributed by atoms with Crippen LogP contribution in [-0.4, -0.2) is 41.7 Å². The van der Waals surface area contributed by atoms with Crippen LogP contribution in [0.15, 0.2) is 54.9 Å². The van der Waals surface area contributed by atoms with Crippen molar-refractivity contribution in [2.24, 2.45) is 0 Å². The molecule has 0 saturated carbocycles. The molecule has 3 N–H and O–H groups in total. The molecule has 1 atom stereocenters. The Labute approximate surface area is 189 Å². The molecule has 0 fully saturated rings. The summed E-state index contributed by atoms with van der Waals surface area (Å²) in [5.74, 6) is -0.238. The molecule has 166 valence electrons. The first-order valence-corrected chi connectivity index (χ1v) is 11.0. The van der Waals surface area contributed by atoms with Crippen LogP contribution in [0, 0.1) is 0 Å². The van der Waals surface area contributed by atoms with Crippen molar-refractivity contribution >= 4 is 23.2 Å². The number of rotatable bonds is 9. The van der Waals surface area contributed by atoms with Crippen LogP contribution in [0.4, 0.5) is 0 Å². The van der Waals surface area contributed by atoms with Crippen molar-refractivity contribution in [2.45, 2.75) is 19.1 Å². The zero-order valence-corrected chi connectivity index (χ0v) is 18.1. The van der Waals surface area contributed by atoms with Gasteiger partial charge in [-0.2, -0.15) is 0 Å². The molecule has 1 unspecified atom stereocenters. The quantitative estimate of drug-likeness (QED) is 0.457. The molecule has 2 aromatic heterocycles. The molecule has 3 heterocycles. The number of nitrogens with one attached hydrogen (secondary N) is 2. The van der Waals surface area contributed by atoms with E-state index in [4.69, 9.17) is 14.6 Å². The van der Waals surface area contributed by atoms with Crippen LogP contribution in [0.3, 0.4) is 0 Å². The molecule has 32 heavy (non-hydrogen) atoms. The van der Waals surface area contributed by atoms with E-state index >= 15 is 0 Å². The minimum Gasteiger partial charge on any atom is -0.482 e. The van der Waals surface area contributed by atoms with Crippen molar-refractivity contribution in [3.63, 3.8) is 0 Å². The number of hydrogen-bond donors (Lipinski definition) is 3. The number of hydrogen-bond acceptors (Lipinski definition) is 7. The molecule has 1 aliphatic heterocycles. The zero-order valence-electron chi connectivity index (χ0n) is 17.2. The summed E-state index contributed by atoms with van der Waals surface area (Å²) in [5, 5.41) is 15.1. The van der Waals surface area contributed by atoms with Gasteiger partial charge in [-0.15, -0.1) is 11.3 Å². The summed E-state index contributed by atoms with van der Waals surface area (Å²) in [6, 6.07) is 12.5. The van der Waals surface area contributed by atoms with Gasteiger partial charge in [0.15, 0.2) is 6.61 Å². The van der Waals surface area contributed by atoms with Gasteiger partial charge in [0.25, 0.3) is 5.91 Å². The molecule has 0 radical (unpaired) electrons. The molecular formula is C23H23N3O5S. The largest absolute Gasteiger partial charge is 0.482 e. The first-order chi connectivity index (χ1) is 15.6. The van der Waals surface area contributed by atoms with Gasteiger partial charge in [-0.05, 0) is 47.9 Å². The van der Waals surface area contributed by atoms with Crippen LogP contribution in [0.2, 0.25) is 0 Å². The van der Waals surface area contributed by atoms with Crippen LogP contribution in [0.5, 0.6) is 11.5 Å². The predicted octanol–water partition coefficient (Wildman–Crippen LogP) is 2.80. The van der Waals surface area contributed by atoms with E-state index in [1.165, 1.54) is 21.8 Å². The van der Waals surface area contributed by atoms with E-state index in [9.17, 15) is 9.59 Å². The lowest BCUT2D eigenvalue weighted by Crippen LogP contribution is -2.30. The number of carboxylic acids is 1. The van der Waals surface area contributed by atoms with Gasteiger partial charge in [-0.25, -0.2) is 4.79 Å². The number of nitrogens with zero attached hydrogens (tertiary/aromatic N) is 1. The summed E-state index contributed by atoms with van der Waals surface area (Å²) in [4.78, 5) is 29.6. The highest BCUT2D eigenvalue weighted by Gasteiger charge is 2.20. The maximum absolute atomic E-state index is 12.8. The predicted molar refractivity (Wildman–Crippen MR) is 119 cm³/mol. The lowest BCUT2D eigenvalue weighted by Gasteiger charge is -2.20. The Balaban J connectivity index is 1.49. The van der Waals surface area contributed by atoms with Crippen molar-refractivity contribution in [3.8, 4) is 11.5 Å². The fourth-order valence-electron chi connectivity index (χ4n) is 3.40. The highest BCUT2D eigenvalue weighted by atomic mass is 32.1. The Morgan fingerprint density at radius 3 is 2.88 bits per heavy atom. The van der Waals surface area contributed by atoms with Crippen LogP contribution in [0.1, 0.15) is 31.8 Å². The summed E-state index contributed by atoms with van der Waals surface area (Å²) < 4.78 is 11.4. The van der Waals surface area contributed by atoms with Gasteiger partial charge in [0.1, 0.15) is 17.6 Å². The normalized spacial score (nSPS) is 13.6. The van der Waals surface area contributed by atoms with Gasteiger partial charge in [0.2, 0.25) is 0 Å². The second kappa shape index (κ2) is 10.3. The van der Waals surface area contributed by atoms with Gasteiger partial charge in [0, 0.05) is 24.2 Å². The lowest BCUT2D eigenvalue weighted by molar-refractivity contribution is -0.139. The third kappa shape index (κ3) is 5.63. The summed E-state index contributed by atoms with van der Waals surface area (Å²) in [5.41, 5.74) is 1.92. The van der Waals surface area contributed by atoms with Crippen LogP contribution in [0.25, 0.3) is 0 Å². The number of thiophene rings is 1. The minimum atomic E-state index is -1.06. The number of carbonyl (C=O) groups excluding carboxylic acids is 1. The molecule has 1 amide bonds. The first-order valence-electron chi connectivity index (χ1n) is 10.2. The monoisotopic (exact) mass is 453 g/mol. The number of benzene rings is 1. The number of ether oxygens (including phenoxy) is 2. The molecule has 4 rings (SSSR count). The minimum absolute atomic E-state index is 0.150. The molecule has 9 heteroatoms. The van der Waals surface area contributed by atoms with E-state index in [2.05, 4.69) is 15.6 Å². The molecule has 8 nitrogen and oxygen atoms in total. The second-order valence-electron chi connectivity index (χ2n) is 7.25. The molecule has 3 aromatic rings. The second-order valence-corrected chi connectivity index (χ2v) is 8.38. The van der Waals surface area contributed by atoms with Crippen molar-refractivity contribution in [1.29, 1.82) is 0 Å². The van der Waals surface area contributed by atoms with E-state index in [-0.39, 0.29) is 12.5 Å². The third-order valence-corrected chi connectivity index (χ3v) is 6.15. The van der Waals surface area contributed by atoms with Gasteiger partial charge < -0.3 is 25.2 Å². The molecule has 0 saturated heterocycles. The number of pyridine rings is 1. The van der Waals surface area contributed by atoms with E-state index in [1.807, 2.05) is 12.1 Å². The third-order valence-electron chi connectivity index (χ3n) is 4.92. The summed E-state index contributed by atoms with van der Waals surface area (Å²) in [7, 11) is 0. The Kier molecular flexibility index (Phi) is 6.98. The highest BCUT2D eigenvalue weighted by Crippen LogP contribution is 2.27. The SMILES string of the molecule is O=C(O)COc1cccc(C(CNC(=O)c2cc3c(s2)CCNC3)Oc2cccnc2)c1. The topological polar surface area (TPSA) is 110 Å². The van der Waals surface area contributed by atoms with E-state index in [0.29, 0.717) is 16.4 Å². The van der Waals surface area contributed by atoms with Crippen LogP contribution < -0.4 is 20.1 Å². The molecule has 0 bridgehead atoms.